The van der Waals surface area contributed by atoms with E-state index >= 15 is 0 Å². The number of benzene rings is 1. The highest BCUT2D eigenvalue weighted by Crippen LogP contribution is 2.12. The lowest BCUT2D eigenvalue weighted by Gasteiger charge is -2.14. The summed E-state index contributed by atoms with van der Waals surface area (Å²) in [6.45, 7) is 4.30. The van der Waals surface area contributed by atoms with Gasteiger partial charge in [0.15, 0.2) is 0 Å². The van der Waals surface area contributed by atoms with Crippen LogP contribution in [-0.4, -0.2) is 44.1 Å². The smallest absolute Gasteiger partial charge is 0.224 e. The van der Waals surface area contributed by atoms with E-state index in [0.29, 0.717) is 6.42 Å². The average Bonchev–Trinajstić information content (AvgIpc) is 2.97. The Labute approximate surface area is 121 Å². The molecule has 20 heavy (non-hydrogen) atoms. The molecule has 0 saturated carbocycles. The fourth-order valence-electron chi connectivity index (χ4n) is 2.57. The van der Waals surface area contributed by atoms with Crippen LogP contribution in [-0.2, 0) is 11.2 Å². The van der Waals surface area contributed by atoms with Gasteiger partial charge in [-0.1, -0.05) is 12.1 Å². The first kappa shape index (κ1) is 14.9. The Morgan fingerprint density at radius 3 is 2.90 bits per heavy atom. The van der Waals surface area contributed by atoms with Crippen molar-refractivity contribution in [3.8, 4) is 5.75 Å². The van der Waals surface area contributed by atoms with Crippen molar-refractivity contribution < 1.29 is 9.53 Å². The fourth-order valence-corrected chi connectivity index (χ4v) is 2.57. The second kappa shape index (κ2) is 7.90. The summed E-state index contributed by atoms with van der Waals surface area (Å²) in [6, 6.07) is 7.66. The Bertz CT molecular complexity index is 428. The zero-order valence-electron chi connectivity index (χ0n) is 12.2. The highest BCUT2D eigenvalue weighted by Gasteiger charge is 2.10. The lowest BCUT2D eigenvalue weighted by Crippen LogP contribution is -2.29. The Balaban J connectivity index is 1.64. The molecule has 4 heteroatoms. The molecule has 110 valence electrons. The van der Waals surface area contributed by atoms with Crippen LogP contribution in [0.2, 0.25) is 0 Å². The molecule has 1 amide bonds. The quantitative estimate of drug-likeness (QED) is 0.773. The lowest BCUT2D eigenvalue weighted by molar-refractivity contribution is -0.120. The zero-order chi connectivity index (χ0) is 14.2. The normalized spacial score (nSPS) is 15.2. The molecule has 0 aromatic heterocycles. The van der Waals surface area contributed by atoms with Crippen molar-refractivity contribution in [3.63, 3.8) is 0 Å². The molecule has 0 atom stereocenters. The van der Waals surface area contributed by atoms with Gasteiger partial charge in [-0.05, 0) is 56.6 Å². The number of carbonyl (C=O) groups excluding carboxylic acids is 1. The number of carbonyl (C=O) groups is 1. The molecule has 0 radical (unpaired) electrons. The molecule has 0 bridgehead atoms. The maximum absolute atomic E-state index is 11.8. The third-order valence-electron chi connectivity index (χ3n) is 3.67. The monoisotopic (exact) mass is 276 g/mol. The van der Waals surface area contributed by atoms with Crippen LogP contribution >= 0.6 is 0 Å². The van der Waals surface area contributed by atoms with Crippen LogP contribution in [0.1, 0.15) is 24.8 Å². The summed E-state index contributed by atoms with van der Waals surface area (Å²) in [5.74, 6) is 0.879. The highest BCUT2D eigenvalue weighted by atomic mass is 16.5. The number of nitrogens with zero attached hydrogens (tertiary/aromatic N) is 1. The van der Waals surface area contributed by atoms with E-state index in [-0.39, 0.29) is 5.91 Å². The summed E-state index contributed by atoms with van der Waals surface area (Å²) in [6.07, 6.45) is 4.09. The number of hydrogen-bond donors (Lipinski definition) is 1. The number of amides is 1. The van der Waals surface area contributed by atoms with Gasteiger partial charge in [-0.2, -0.15) is 0 Å². The van der Waals surface area contributed by atoms with Gasteiger partial charge in [-0.3, -0.25) is 4.79 Å². The minimum atomic E-state index is 0.0830. The van der Waals surface area contributed by atoms with Gasteiger partial charge < -0.3 is 15.0 Å². The van der Waals surface area contributed by atoms with E-state index in [0.717, 1.165) is 30.8 Å². The van der Waals surface area contributed by atoms with Crippen LogP contribution in [0.4, 0.5) is 0 Å². The summed E-state index contributed by atoms with van der Waals surface area (Å²) in [7, 11) is 1.64. The minimum Gasteiger partial charge on any atom is -0.497 e. The van der Waals surface area contributed by atoms with Crippen LogP contribution in [0, 0.1) is 0 Å². The van der Waals surface area contributed by atoms with Crippen LogP contribution < -0.4 is 10.1 Å². The van der Waals surface area contributed by atoms with Gasteiger partial charge in [0.1, 0.15) is 5.75 Å². The van der Waals surface area contributed by atoms with Crippen LogP contribution in [0.15, 0.2) is 24.3 Å². The number of hydrogen-bond acceptors (Lipinski definition) is 3. The van der Waals surface area contributed by atoms with Crippen molar-refractivity contribution >= 4 is 5.91 Å². The molecule has 0 aliphatic carbocycles. The van der Waals surface area contributed by atoms with Crippen molar-refractivity contribution in [2.45, 2.75) is 25.7 Å². The Morgan fingerprint density at radius 1 is 1.35 bits per heavy atom. The number of ether oxygens (including phenoxy) is 1. The average molecular weight is 276 g/mol. The van der Waals surface area contributed by atoms with E-state index in [1.807, 2.05) is 24.3 Å². The molecule has 1 fully saturated rings. The van der Waals surface area contributed by atoms with Gasteiger partial charge >= 0.3 is 0 Å². The number of rotatable bonds is 7. The van der Waals surface area contributed by atoms with E-state index in [1.54, 1.807) is 7.11 Å². The topological polar surface area (TPSA) is 41.6 Å². The summed E-state index contributed by atoms with van der Waals surface area (Å²) in [5.41, 5.74) is 0.987. The van der Waals surface area contributed by atoms with Gasteiger partial charge in [-0.25, -0.2) is 0 Å². The number of nitrogens with one attached hydrogen (secondary N) is 1. The van der Waals surface area contributed by atoms with Gasteiger partial charge in [0.05, 0.1) is 13.5 Å². The molecule has 1 aromatic rings. The first-order valence-electron chi connectivity index (χ1n) is 7.40. The molecule has 0 unspecified atom stereocenters. The second-order valence-corrected chi connectivity index (χ2v) is 5.28. The second-order valence-electron chi connectivity index (χ2n) is 5.28. The van der Waals surface area contributed by atoms with Crippen LogP contribution in [0.5, 0.6) is 5.75 Å². The zero-order valence-corrected chi connectivity index (χ0v) is 12.2. The van der Waals surface area contributed by atoms with Crippen molar-refractivity contribution in [3.05, 3.63) is 29.8 Å². The Hall–Kier alpha value is -1.55. The Morgan fingerprint density at radius 2 is 2.15 bits per heavy atom. The van der Waals surface area contributed by atoms with E-state index in [4.69, 9.17) is 4.74 Å². The fraction of sp³-hybridized carbons (Fsp3) is 0.562. The first-order valence-corrected chi connectivity index (χ1v) is 7.40. The predicted octanol–water partition coefficient (Wildman–Crippen LogP) is 1.84. The highest BCUT2D eigenvalue weighted by molar-refractivity contribution is 5.78. The molecule has 0 spiro atoms. The standard InChI is InChI=1S/C16H24N2O2/c1-20-15-7-4-6-14(12-15)13-16(19)17-8-5-11-18-9-2-3-10-18/h4,6-7,12H,2-3,5,8-11,13H2,1H3,(H,17,19). The first-order chi connectivity index (χ1) is 9.78. The molecule has 1 aliphatic heterocycles. The lowest BCUT2D eigenvalue weighted by atomic mass is 10.1. The molecule has 1 aromatic carbocycles. The number of methoxy groups -OCH3 is 1. The third-order valence-corrected chi connectivity index (χ3v) is 3.67. The van der Waals surface area contributed by atoms with Gasteiger partial charge in [0.2, 0.25) is 5.91 Å². The van der Waals surface area contributed by atoms with Gasteiger partial charge in [0.25, 0.3) is 0 Å². The van der Waals surface area contributed by atoms with Crippen LogP contribution in [0.25, 0.3) is 0 Å². The summed E-state index contributed by atoms with van der Waals surface area (Å²) < 4.78 is 5.15. The molecule has 4 nitrogen and oxygen atoms in total. The molecule has 2 rings (SSSR count). The van der Waals surface area contributed by atoms with E-state index in [1.165, 1.54) is 25.9 Å². The van der Waals surface area contributed by atoms with Crippen molar-refractivity contribution in [2.24, 2.45) is 0 Å². The molecule has 1 saturated heterocycles. The summed E-state index contributed by atoms with van der Waals surface area (Å²) >= 11 is 0. The summed E-state index contributed by atoms with van der Waals surface area (Å²) in [4.78, 5) is 14.3. The maximum atomic E-state index is 11.8. The van der Waals surface area contributed by atoms with Crippen molar-refractivity contribution in [1.82, 2.24) is 10.2 Å². The molecular formula is C16H24N2O2. The molecule has 1 heterocycles. The third kappa shape index (κ3) is 4.85. The van der Waals surface area contributed by atoms with E-state index in [2.05, 4.69) is 10.2 Å². The number of likely N-dealkylation sites (tertiary alicyclic amines) is 1. The Kier molecular flexibility index (Phi) is 5.87. The van der Waals surface area contributed by atoms with E-state index in [9.17, 15) is 4.79 Å². The maximum Gasteiger partial charge on any atom is 0.224 e. The largest absolute Gasteiger partial charge is 0.497 e. The molecule has 1 N–H and O–H groups in total. The van der Waals surface area contributed by atoms with Gasteiger partial charge in [-0.15, -0.1) is 0 Å². The van der Waals surface area contributed by atoms with E-state index < -0.39 is 0 Å². The molecule has 1 aliphatic rings. The van der Waals surface area contributed by atoms with Crippen molar-refractivity contribution in [2.75, 3.05) is 33.3 Å². The van der Waals surface area contributed by atoms with Crippen LogP contribution in [0.3, 0.4) is 0 Å². The predicted molar refractivity (Wildman–Crippen MR) is 80.0 cm³/mol. The minimum absolute atomic E-state index is 0.0830. The SMILES string of the molecule is COc1cccc(CC(=O)NCCCN2CCCC2)c1. The van der Waals surface area contributed by atoms with Crippen molar-refractivity contribution in [1.29, 1.82) is 0 Å². The summed E-state index contributed by atoms with van der Waals surface area (Å²) in [5, 5.41) is 2.99. The van der Waals surface area contributed by atoms with Gasteiger partial charge in [0, 0.05) is 6.54 Å². The molecular weight excluding hydrogens is 252 g/mol.